The van der Waals surface area contributed by atoms with Gasteiger partial charge in [0, 0.05) is 26.2 Å². The van der Waals surface area contributed by atoms with Crippen LogP contribution in [0.5, 0.6) is 0 Å². The van der Waals surface area contributed by atoms with Crippen molar-refractivity contribution in [2.24, 2.45) is 5.92 Å². The van der Waals surface area contributed by atoms with Crippen molar-refractivity contribution < 1.29 is 19.4 Å². The molecule has 0 radical (unpaired) electrons. The number of carbonyl (C=O) groups excluding carboxylic acids is 1. The highest BCUT2D eigenvalue weighted by molar-refractivity contribution is 5.76. The maximum Gasteiger partial charge on any atom is 0.317 e. The van der Waals surface area contributed by atoms with Gasteiger partial charge in [-0.05, 0) is 27.7 Å². The highest BCUT2D eigenvalue weighted by Gasteiger charge is 2.22. The fourth-order valence-electron chi connectivity index (χ4n) is 1.61. The molecule has 0 aromatic heterocycles. The van der Waals surface area contributed by atoms with Gasteiger partial charge < -0.3 is 20.1 Å². The molecular formula is C13H26N2O4. The van der Waals surface area contributed by atoms with Crippen molar-refractivity contribution in [3.8, 4) is 0 Å². The third-order valence-electron chi connectivity index (χ3n) is 2.79. The second kappa shape index (κ2) is 7.99. The van der Waals surface area contributed by atoms with E-state index in [1.807, 2.05) is 27.7 Å². The highest BCUT2D eigenvalue weighted by Crippen LogP contribution is 2.07. The van der Waals surface area contributed by atoms with Crippen LogP contribution in [0, 0.1) is 5.92 Å². The summed E-state index contributed by atoms with van der Waals surface area (Å²) in [6, 6.07) is -0.261. The van der Waals surface area contributed by atoms with Crippen molar-refractivity contribution in [2.45, 2.75) is 40.2 Å². The molecule has 0 rings (SSSR count). The average molecular weight is 274 g/mol. The number of aliphatic carboxylic acids is 1. The van der Waals surface area contributed by atoms with Gasteiger partial charge in [-0.1, -0.05) is 6.92 Å². The Labute approximate surface area is 115 Å². The third kappa shape index (κ3) is 7.00. The fraction of sp³-hybridized carbons (Fsp3) is 0.846. The number of urea groups is 1. The Morgan fingerprint density at radius 1 is 1.37 bits per heavy atom. The number of hydrogen-bond acceptors (Lipinski definition) is 3. The Hall–Kier alpha value is -1.30. The number of nitrogens with one attached hydrogen (secondary N) is 1. The molecule has 1 unspecified atom stereocenters. The van der Waals surface area contributed by atoms with Crippen molar-refractivity contribution in [1.82, 2.24) is 10.2 Å². The quantitative estimate of drug-likeness (QED) is 0.704. The summed E-state index contributed by atoms with van der Waals surface area (Å²) in [4.78, 5) is 24.2. The molecule has 0 fully saturated rings. The van der Waals surface area contributed by atoms with Gasteiger partial charge in [-0.15, -0.1) is 0 Å². The van der Waals surface area contributed by atoms with E-state index < -0.39 is 17.5 Å². The van der Waals surface area contributed by atoms with E-state index in [-0.39, 0.29) is 12.6 Å². The first-order valence-electron chi connectivity index (χ1n) is 6.63. The molecule has 6 heteroatoms. The molecule has 19 heavy (non-hydrogen) atoms. The number of nitrogens with zero attached hydrogens (tertiary/aromatic N) is 1. The molecule has 0 heterocycles. The smallest absolute Gasteiger partial charge is 0.317 e. The Bertz CT molecular complexity index is 305. The lowest BCUT2D eigenvalue weighted by atomic mass is 10.1. The van der Waals surface area contributed by atoms with Gasteiger partial charge in [-0.3, -0.25) is 4.79 Å². The standard InChI is InChI=1S/C13H26N2O4/c1-6-15(8-10(3)11(16)17)12(18)14-9-13(4,5)19-7-2/h10H,6-9H2,1-5H3,(H,14,18)(H,16,17). The number of rotatable bonds is 8. The maximum absolute atomic E-state index is 11.9. The van der Waals surface area contributed by atoms with Crippen molar-refractivity contribution in [2.75, 3.05) is 26.2 Å². The van der Waals surface area contributed by atoms with E-state index in [2.05, 4.69) is 5.32 Å². The molecule has 2 N–H and O–H groups in total. The SMILES string of the molecule is CCOC(C)(C)CNC(=O)N(CC)CC(C)C(=O)O. The monoisotopic (exact) mass is 274 g/mol. The number of hydrogen-bond donors (Lipinski definition) is 2. The first-order valence-corrected chi connectivity index (χ1v) is 6.63. The number of amides is 2. The minimum atomic E-state index is -0.902. The topological polar surface area (TPSA) is 78.9 Å². The molecule has 0 saturated carbocycles. The summed E-state index contributed by atoms with van der Waals surface area (Å²) in [5, 5.41) is 11.6. The van der Waals surface area contributed by atoms with Gasteiger partial charge in [0.25, 0.3) is 0 Å². The average Bonchev–Trinajstić information content (AvgIpc) is 2.32. The molecule has 0 aliphatic rings. The van der Waals surface area contributed by atoms with Crippen LogP contribution in [0.3, 0.4) is 0 Å². The van der Waals surface area contributed by atoms with Crippen LogP contribution >= 0.6 is 0 Å². The summed E-state index contributed by atoms with van der Waals surface area (Å²) >= 11 is 0. The number of carboxylic acid groups (broad SMARTS) is 1. The van der Waals surface area contributed by atoms with E-state index in [0.717, 1.165) is 0 Å². The van der Waals surface area contributed by atoms with Crippen molar-refractivity contribution in [3.63, 3.8) is 0 Å². The first-order chi connectivity index (χ1) is 8.73. The van der Waals surface area contributed by atoms with Gasteiger partial charge in [-0.25, -0.2) is 4.79 Å². The molecule has 0 saturated heterocycles. The first kappa shape index (κ1) is 17.7. The van der Waals surface area contributed by atoms with Crippen LogP contribution in [0.4, 0.5) is 4.79 Å². The lowest BCUT2D eigenvalue weighted by Crippen LogP contribution is -2.48. The minimum absolute atomic E-state index is 0.201. The van der Waals surface area contributed by atoms with Crippen molar-refractivity contribution in [3.05, 3.63) is 0 Å². The van der Waals surface area contributed by atoms with E-state index in [0.29, 0.717) is 19.7 Å². The zero-order valence-electron chi connectivity index (χ0n) is 12.5. The van der Waals surface area contributed by atoms with E-state index >= 15 is 0 Å². The number of carbonyl (C=O) groups is 2. The molecule has 0 aliphatic carbocycles. The second-order valence-corrected chi connectivity index (χ2v) is 5.13. The lowest BCUT2D eigenvalue weighted by Gasteiger charge is -2.28. The van der Waals surface area contributed by atoms with E-state index in [1.54, 1.807) is 6.92 Å². The zero-order valence-corrected chi connectivity index (χ0v) is 12.5. The predicted molar refractivity (Wildman–Crippen MR) is 73.2 cm³/mol. The van der Waals surface area contributed by atoms with Crippen LogP contribution < -0.4 is 5.32 Å². The maximum atomic E-state index is 11.9. The Kier molecular flexibility index (Phi) is 7.44. The van der Waals surface area contributed by atoms with E-state index in [4.69, 9.17) is 9.84 Å². The summed E-state index contributed by atoms with van der Waals surface area (Å²) < 4.78 is 5.49. The van der Waals surface area contributed by atoms with Crippen molar-refractivity contribution >= 4 is 12.0 Å². The molecule has 2 amide bonds. The second-order valence-electron chi connectivity index (χ2n) is 5.13. The Morgan fingerprint density at radius 2 is 1.95 bits per heavy atom. The summed E-state index contributed by atoms with van der Waals surface area (Å²) in [6.45, 7) is 10.7. The predicted octanol–water partition coefficient (Wildman–Crippen LogP) is 1.55. The molecular weight excluding hydrogens is 248 g/mol. The Balaban J connectivity index is 4.33. The molecule has 1 atom stereocenters. The minimum Gasteiger partial charge on any atom is -0.481 e. The summed E-state index contributed by atoms with van der Waals surface area (Å²) in [7, 11) is 0. The van der Waals surface area contributed by atoms with E-state index in [1.165, 1.54) is 4.90 Å². The van der Waals surface area contributed by atoms with Crippen LogP contribution in [-0.2, 0) is 9.53 Å². The van der Waals surface area contributed by atoms with Crippen LogP contribution in [0.1, 0.15) is 34.6 Å². The highest BCUT2D eigenvalue weighted by atomic mass is 16.5. The Morgan fingerprint density at radius 3 is 2.37 bits per heavy atom. The number of carboxylic acids is 1. The van der Waals surface area contributed by atoms with Gasteiger partial charge in [-0.2, -0.15) is 0 Å². The molecule has 0 bridgehead atoms. The van der Waals surface area contributed by atoms with Gasteiger partial charge in [0.05, 0.1) is 11.5 Å². The summed E-state index contributed by atoms with van der Waals surface area (Å²) in [6.07, 6.45) is 0. The van der Waals surface area contributed by atoms with Crippen molar-refractivity contribution in [1.29, 1.82) is 0 Å². The van der Waals surface area contributed by atoms with Crippen LogP contribution in [0.25, 0.3) is 0 Å². The molecule has 112 valence electrons. The van der Waals surface area contributed by atoms with Gasteiger partial charge in [0.1, 0.15) is 0 Å². The number of ether oxygens (including phenoxy) is 1. The van der Waals surface area contributed by atoms with Crippen LogP contribution in [-0.4, -0.2) is 53.8 Å². The molecule has 0 spiro atoms. The molecule has 0 aromatic carbocycles. The summed E-state index contributed by atoms with van der Waals surface area (Å²) in [5.41, 5.74) is -0.428. The lowest BCUT2D eigenvalue weighted by molar-refractivity contribution is -0.141. The fourth-order valence-corrected chi connectivity index (χ4v) is 1.61. The normalized spacial score (nSPS) is 12.9. The van der Waals surface area contributed by atoms with Gasteiger partial charge >= 0.3 is 12.0 Å². The molecule has 0 aliphatic heterocycles. The third-order valence-corrected chi connectivity index (χ3v) is 2.79. The zero-order chi connectivity index (χ0) is 15.1. The van der Waals surface area contributed by atoms with Crippen LogP contribution in [0.2, 0.25) is 0 Å². The van der Waals surface area contributed by atoms with Gasteiger partial charge in [0.2, 0.25) is 0 Å². The van der Waals surface area contributed by atoms with Crippen LogP contribution in [0.15, 0.2) is 0 Å². The van der Waals surface area contributed by atoms with E-state index in [9.17, 15) is 9.59 Å². The van der Waals surface area contributed by atoms with Gasteiger partial charge in [0.15, 0.2) is 0 Å². The summed E-state index contributed by atoms with van der Waals surface area (Å²) in [5.74, 6) is -1.48. The molecule has 0 aromatic rings. The largest absolute Gasteiger partial charge is 0.481 e. The molecule has 6 nitrogen and oxygen atoms in total.